The molecule has 4 fully saturated rings. The summed E-state index contributed by atoms with van der Waals surface area (Å²) in [7, 11) is 0. The standard InChI is InChI=1S/C21H35NO/c1-14(22-23)17-9-10-18-16-8-7-15-6-4-5-12-20(15,2)19(16)11-13-21(17,18)3/h15-19,23H,4-13H2,1-3H3/b22-14+/t15-,16?,17-,18?,19?,20+,21-/m1/s1. The number of fused-ring (bicyclic) bond motifs is 5. The molecule has 0 aromatic carbocycles. The van der Waals surface area contributed by atoms with Gasteiger partial charge in [0.2, 0.25) is 0 Å². The quantitative estimate of drug-likeness (QED) is 0.365. The molecule has 1 N–H and O–H groups in total. The van der Waals surface area contributed by atoms with Gasteiger partial charge in [0, 0.05) is 5.92 Å². The summed E-state index contributed by atoms with van der Waals surface area (Å²) in [5, 5.41) is 12.9. The van der Waals surface area contributed by atoms with Crippen LogP contribution in [0.2, 0.25) is 0 Å². The summed E-state index contributed by atoms with van der Waals surface area (Å²) in [6.45, 7) is 7.22. The molecule has 2 heteroatoms. The van der Waals surface area contributed by atoms with Gasteiger partial charge >= 0.3 is 0 Å². The van der Waals surface area contributed by atoms with E-state index in [2.05, 4.69) is 19.0 Å². The summed E-state index contributed by atoms with van der Waals surface area (Å²) >= 11 is 0. The van der Waals surface area contributed by atoms with E-state index in [9.17, 15) is 5.21 Å². The summed E-state index contributed by atoms with van der Waals surface area (Å²) in [5.41, 5.74) is 2.03. The van der Waals surface area contributed by atoms with E-state index in [0.29, 0.717) is 16.7 Å². The molecule has 0 amide bonds. The first kappa shape index (κ1) is 16.0. The Morgan fingerprint density at radius 2 is 1.65 bits per heavy atom. The van der Waals surface area contributed by atoms with Crippen LogP contribution in [-0.2, 0) is 0 Å². The van der Waals surface area contributed by atoms with Crippen LogP contribution >= 0.6 is 0 Å². The van der Waals surface area contributed by atoms with Crippen molar-refractivity contribution in [1.82, 2.24) is 0 Å². The average Bonchev–Trinajstić information content (AvgIpc) is 2.91. The minimum atomic E-state index is 0.398. The van der Waals surface area contributed by atoms with Gasteiger partial charge < -0.3 is 5.21 Å². The maximum atomic E-state index is 9.32. The van der Waals surface area contributed by atoms with Gasteiger partial charge in [0.1, 0.15) is 0 Å². The molecule has 0 saturated heterocycles. The second-order valence-electron chi connectivity index (χ2n) is 9.82. The largest absolute Gasteiger partial charge is 0.411 e. The zero-order valence-corrected chi connectivity index (χ0v) is 15.4. The first-order valence-corrected chi connectivity index (χ1v) is 10.2. The van der Waals surface area contributed by atoms with E-state index in [0.717, 1.165) is 29.4 Å². The van der Waals surface area contributed by atoms with Gasteiger partial charge in [-0.25, -0.2) is 0 Å². The van der Waals surface area contributed by atoms with Gasteiger partial charge in [0.05, 0.1) is 5.71 Å². The molecule has 2 nitrogen and oxygen atoms in total. The van der Waals surface area contributed by atoms with Crippen molar-refractivity contribution in [3.05, 3.63) is 0 Å². The minimum Gasteiger partial charge on any atom is -0.411 e. The average molecular weight is 318 g/mol. The first-order valence-electron chi connectivity index (χ1n) is 10.2. The Morgan fingerprint density at radius 1 is 0.870 bits per heavy atom. The monoisotopic (exact) mass is 317 g/mol. The van der Waals surface area contributed by atoms with Crippen LogP contribution in [0.3, 0.4) is 0 Å². The number of oxime groups is 1. The van der Waals surface area contributed by atoms with Crippen LogP contribution in [0.1, 0.15) is 85.0 Å². The first-order chi connectivity index (χ1) is 11.0. The molecule has 0 radical (unpaired) electrons. The van der Waals surface area contributed by atoms with Gasteiger partial charge in [0.15, 0.2) is 0 Å². The van der Waals surface area contributed by atoms with E-state index in [-0.39, 0.29) is 0 Å². The molecule has 0 heterocycles. The summed E-state index contributed by atoms with van der Waals surface area (Å²) in [6, 6.07) is 0. The van der Waals surface area contributed by atoms with Crippen LogP contribution in [0.5, 0.6) is 0 Å². The van der Waals surface area contributed by atoms with Crippen molar-refractivity contribution in [2.75, 3.05) is 0 Å². The predicted molar refractivity (Wildman–Crippen MR) is 94.7 cm³/mol. The maximum Gasteiger partial charge on any atom is 0.0576 e. The smallest absolute Gasteiger partial charge is 0.0576 e. The highest BCUT2D eigenvalue weighted by molar-refractivity contribution is 5.84. The lowest BCUT2D eigenvalue weighted by Crippen LogP contribution is -2.53. The van der Waals surface area contributed by atoms with Crippen molar-refractivity contribution in [1.29, 1.82) is 0 Å². The van der Waals surface area contributed by atoms with Crippen molar-refractivity contribution < 1.29 is 5.21 Å². The number of hydrogen-bond acceptors (Lipinski definition) is 2. The van der Waals surface area contributed by atoms with Gasteiger partial charge in [-0.2, -0.15) is 0 Å². The zero-order chi connectivity index (χ0) is 16.2. The lowest BCUT2D eigenvalue weighted by molar-refractivity contribution is -0.106. The fraction of sp³-hybridized carbons (Fsp3) is 0.952. The van der Waals surface area contributed by atoms with Crippen molar-refractivity contribution in [2.45, 2.75) is 85.0 Å². The third-order valence-electron chi connectivity index (χ3n) is 9.25. The van der Waals surface area contributed by atoms with Crippen LogP contribution in [0.25, 0.3) is 0 Å². The molecule has 0 bridgehead atoms. The minimum absolute atomic E-state index is 0.398. The Hall–Kier alpha value is -0.530. The Morgan fingerprint density at radius 3 is 2.43 bits per heavy atom. The summed E-state index contributed by atoms with van der Waals surface area (Å²) < 4.78 is 0. The Kier molecular flexibility index (Phi) is 3.81. The molecule has 3 unspecified atom stereocenters. The highest BCUT2D eigenvalue weighted by Gasteiger charge is 2.59. The van der Waals surface area contributed by atoms with Crippen molar-refractivity contribution in [3.63, 3.8) is 0 Å². The second kappa shape index (κ2) is 5.49. The Balaban J connectivity index is 1.62. The predicted octanol–water partition coefficient (Wildman–Crippen LogP) is 5.89. The van der Waals surface area contributed by atoms with E-state index in [1.807, 2.05) is 6.92 Å². The van der Waals surface area contributed by atoms with Crippen LogP contribution in [-0.4, -0.2) is 10.9 Å². The van der Waals surface area contributed by atoms with Gasteiger partial charge in [-0.3, -0.25) is 0 Å². The molecule has 130 valence electrons. The van der Waals surface area contributed by atoms with Crippen molar-refractivity contribution in [2.24, 2.45) is 45.6 Å². The van der Waals surface area contributed by atoms with Gasteiger partial charge in [-0.1, -0.05) is 31.8 Å². The molecule has 7 atom stereocenters. The molecule has 4 aliphatic carbocycles. The van der Waals surface area contributed by atoms with Gasteiger partial charge in [0.25, 0.3) is 0 Å². The van der Waals surface area contributed by atoms with Crippen LogP contribution < -0.4 is 0 Å². The van der Waals surface area contributed by atoms with Gasteiger partial charge in [-0.05, 0) is 92.8 Å². The van der Waals surface area contributed by atoms with E-state index >= 15 is 0 Å². The number of hydrogen-bond donors (Lipinski definition) is 1. The lowest BCUT2D eigenvalue weighted by Gasteiger charge is -2.60. The molecule has 0 spiro atoms. The zero-order valence-electron chi connectivity index (χ0n) is 15.4. The normalized spacial score (nSPS) is 53.3. The fourth-order valence-corrected chi connectivity index (χ4v) is 8.05. The molecular weight excluding hydrogens is 282 g/mol. The molecule has 23 heavy (non-hydrogen) atoms. The SMILES string of the molecule is C/C(=N\O)[C@H]1CCC2C3CC[C@H]4CCCC[C@]4(C)C3CC[C@@]21C. The van der Waals surface area contributed by atoms with Crippen molar-refractivity contribution in [3.8, 4) is 0 Å². The van der Waals surface area contributed by atoms with E-state index in [1.165, 1.54) is 64.2 Å². The highest BCUT2D eigenvalue weighted by atomic mass is 16.4. The Bertz CT molecular complexity index is 500. The summed E-state index contributed by atoms with van der Waals surface area (Å²) in [6.07, 6.45) is 14.3. The fourth-order valence-electron chi connectivity index (χ4n) is 8.05. The molecule has 0 aromatic rings. The third-order valence-corrected chi connectivity index (χ3v) is 9.25. The lowest BCUT2D eigenvalue weighted by atomic mass is 9.45. The molecular formula is C21H35NO. The third kappa shape index (κ3) is 2.15. The summed E-state index contributed by atoms with van der Waals surface area (Å²) in [5.74, 6) is 4.34. The molecule has 4 rings (SSSR count). The second-order valence-corrected chi connectivity index (χ2v) is 9.82. The molecule has 0 aliphatic heterocycles. The topological polar surface area (TPSA) is 32.6 Å². The van der Waals surface area contributed by atoms with Crippen molar-refractivity contribution >= 4 is 5.71 Å². The summed E-state index contributed by atoms with van der Waals surface area (Å²) in [4.78, 5) is 0. The van der Waals surface area contributed by atoms with E-state index in [4.69, 9.17) is 0 Å². The molecule has 4 saturated carbocycles. The number of nitrogens with zero attached hydrogens (tertiary/aromatic N) is 1. The highest BCUT2D eigenvalue weighted by Crippen LogP contribution is 2.67. The Labute approximate surface area is 142 Å². The maximum absolute atomic E-state index is 9.32. The van der Waals surface area contributed by atoms with Crippen LogP contribution in [0.15, 0.2) is 5.16 Å². The molecule has 0 aromatic heterocycles. The van der Waals surface area contributed by atoms with E-state index < -0.39 is 0 Å². The van der Waals surface area contributed by atoms with Crippen LogP contribution in [0.4, 0.5) is 0 Å². The van der Waals surface area contributed by atoms with Gasteiger partial charge in [-0.15, -0.1) is 0 Å². The van der Waals surface area contributed by atoms with E-state index in [1.54, 1.807) is 0 Å². The van der Waals surface area contributed by atoms with Crippen LogP contribution in [0, 0.1) is 40.4 Å². The number of rotatable bonds is 1. The molecule has 4 aliphatic rings.